The third kappa shape index (κ3) is 6.03. The van der Waals surface area contributed by atoms with Gasteiger partial charge in [0.1, 0.15) is 0 Å². The van der Waals surface area contributed by atoms with Crippen molar-refractivity contribution >= 4 is 0 Å². The monoisotopic (exact) mass is 895 g/mol. The van der Waals surface area contributed by atoms with Gasteiger partial charge in [-0.1, -0.05) is 182 Å². The van der Waals surface area contributed by atoms with E-state index in [2.05, 4.69) is 200 Å². The van der Waals surface area contributed by atoms with Crippen molar-refractivity contribution in [2.75, 3.05) is 0 Å². The number of benzene rings is 9. The van der Waals surface area contributed by atoms with E-state index in [-0.39, 0.29) is 5.41 Å². The molecule has 0 amide bonds. The summed E-state index contributed by atoms with van der Waals surface area (Å²) < 4.78 is 0. The van der Waals surface area contributed by atoms with Crippen LogP contribution in [0.15, 0.2) is 212 Å². The Morgan fingerprint density at radius 2 is 0.629 bits per heavy atom. The summed E-state index contributed by atoms with van der Waals surface area (Å²) in [5.41, 5.74) is 23.6. The molecule has 4 fully saturated rings. The van der Waals surface area contributed by atoms with Gasteiger partial charge in [0, 0.05) is 22.1 Å². The molecule has 0 aliphatic heterocycles. The molecule has 0 unspecified atom stereocenters. The van der Waals surface area contributed by atoms with E-state index in [4.69, 9.17) is 15.0 Å². The summed E-state index contributed by atoms with van der Waals surface area (Å²) in [5, 5.41) is 0. The number of fused-ring (bicyclic) bond motifs is 11. The molecule has 0 saturated heterocycles. The lowest BCUT2D eigenvalue weighted by Gasteiger charge is -2.61. The summed E-state index contributed by atoms with van der Waals surface area (Å²) in [5.74, 6) is 5.11. The van der Waals surface area contributed by atoms with Crippen molar-refractivity contribution < 1.29 is 0 Å². The van der Waals surface area contributed by atoms with Crippen LogP contribution in [0.2, 0.25) is 0 Å². The fourth-order valence-electron chi connectivity index (χ4n) is 14.4. The zero-order valence-electron chi connectivity index (χ0n) is 38.9. The van der Waals surface area contributed by atoms with Crippen LogP contribution in [0.1, 0.15) is 43.2 Å². The largest absolute Gasteiger partial charge is 0.208 e. The maximum Gasteiger partial charge on any atom is 0.164 e. The molecule has 70 heavy (non-hydrogen) atoms. The average molecular weight is 896 g/mol. The molecule has 4 bridgehead atoms. The second-order valence-corrected chi connectivity index (χ2v) is 20.7. The topological polar surface area (TPSA) is 38.7 Å². The van der Waals surface area contributed by atoms with Gasteiger partial charge in [0.05, 0.1) is 0 Å². The van der Waals surface area contributed by atoms with Crippen molar-refractivity contribution in [1.29, 1.82) is 0 Å². The van der Waals surface area contributed by atoms with Gasteiger partial charge in [0.15, 0.2) is 17.5 Å². The Kier molecular flexibility index (Phi) is 8.84. The van der Waals surface area contributed by atoms with Gasteiger partial charge in [-0.3, -0.25) is 0 Å². The fourth-order valence-corrected chi connectivity index (χ4v) is 14.4. The third-order valence-electron chi connectivity index (χ3n) is 17.1. The minimum Gasteiger partial charge on any atom is -0.208 e. The molecule has 3 nitrogen and oxygen atoms in total. The molecule has 9 aromatic carbocycles. The van der Waals surface area contributed by atoms with Crippen LogP contribution >= 0.6 is 0 Å². The Labute approximate surface area is 409 Å². The second-order valence-electron chi connectivity index (χ2n) is 20.7. The zero-order chi connectivity index (χ0) is 45.9. The molecule has 4 saturated carbocycles. The Morgan fingerprint density at radius 3 is 1.14 bits per heavy atom. The molecule has 0 radical (unpaired) electrons. The smallest absolute Gasteiger partial charge is 0.164 e. The van der Waals surface area contributed by atoms with Crippen molar-refractivity contribution in [1.82, 2.24) is 15.0 Å². The highest BCUT2D eigenvalue weighted by molar-refractivity contribution is 6.04. The van der Waals surface area contributed by atoms with Crippen LogP contribution in [0.3, 0.4) is 0 Å². The number of aromatic nitrogens is 3. The maximum atomic E-state index is 5.32. The standard InChI is InChI=1S/C67H49N3/c1-3-15-43(16-4-1)64-68-65(44-17-5-2-6-18-44)70-66(69-64)49-37-47(45-27-29-58-56-23-10-9-21-54(56)52-19-7-8-20-53(52)55-22-11-12-24-57(55)61(58)39-45)36-48(38-49)46-28-30-60-59-25-13-14-26-62(59)67(63(60)40-46)50-32-41-31-42(34-50)35-51(67)33-41/h1-30,36-42,50-51H,31-35H2. The van der Waals surface area contributed by atoms with Gasteiger partial charge in [-0.25, -0.2) is 15.0 Å². The Bertz CT molecular complexity index is 3650. The second kappa shape index (κ2) is 15.5. The fraction of sp³-hybridized carbons (Fsp3) is 0.149. The molecule has 3 heteroatoms. The molecule has 1 aromatic heterocycles. The highest BCUT2D eigenvalue weighted by Gasteiger charge is 2.61. The first kappa shape index (κ1) is 39.9. The number of hydrogen-bond donors (Lipinski definition) is 0. The molecular formula is C67H49N3. The zero-order valence-corrected chi connectivity index (χ0v) is 38.9. The van der Waals surface area contributed by atoms with Gasteiger partial charge in [-0.2, -0.15) is 0 Å². The average Bonchev–Trinajstić information content (AvgIpc) is 3.72. The summed E-state index contributed by atoms with van der Waals surface area (Å²) in [6.45, 7) is 0. The van der Waals surface area contributed by atoms with Crippen LogP contribution in [0.25, 0.3) is 112 Å². The van der Waals surface area contributed by atoms with E-state index >= 15 is 0 Å². The lowest BCUT2D eigenvalue weighted by atomic mass is 9.43. The van der Waals surface area contributed by atoms with Crippen LogP contribution in [0, 0.1) is 23.7 Å². The van der Waals surface area contributed by atoms with E-state index in [1.807, 2.05) is 12.1 Å². The molecular weight excluding hydrogens is 847 g/mol. The van der Waals surface area contributed by atoms with Crippen molar-refractivity contribution in [3.63, 3.8) is 0 Å². The molecule has 1 heterocycles. The van der Waals surface area contributed by atoms with Crippen molar-refractivity contribution in [2.45, 2.75) is 37.5 Å². The van der Waals surface area contributed by atoms with E-state index < -0.39 is 0 Å². The van der Waals surface area contributed by atoms with Crippen LogP contribution in [-0.4, -0.2) is 15.0 Å². The summed E-state index contributed by atoms with van der Waals surface area (Å²) in [4.78, 5) is 15.7. The molecule has 10 aromatic rings. The number of hydrogen-bond acceptors (Lipinski definition) is 3. The first-order chi connectivity index (χ1) is 34.6. The third-order valence-corrected chi connectivity index (χ3v) is 17.1. The lowest BCUT2D eigenvalue weighted by molar-refractivity contribution is -0.0399. The number of nitrogens with zero attached hydrogens (tertiary/aromatic N) is 3. The van der Waals surface area contributed by atoms with Gasteiger partial charge in [-0.15, -0.1) is 0 Å². The normalized spacial score (nSPS) is 20.6. The van der Waals surface area contributed by atoms with E-state index in [9.17, 15) is 0 Å². The molecule has 1 spiro atoms. The van der Waals surface area contributed by atoms with E-state index in [0.29, 0.717) is 29.3 Å². The molecule has 6 aliphatic carbocycles. The molecule has 16 rings (SSSR count). The minimum absolute atomic E-state index is 0.0667. The lowest BCUT2D eigenvalue weighted by Crippen LogP contribution is -2.55. The summed E-state index contributed by atoms with van der Waals surface area (Å²) in [7, 11) is 0. The summed E-state index contributed by atoms with van der Waals surface area (Å²) >= 11 is 0. The van der Waals surface area contributed by atoms with Gasteiger partial charge in [0.25, 0.3) is 0 Å². The first-order valence-electron chi connectivity index (χ1n) is 25.3. The highest BCUT2D eigenvalue weighted by Crippen LogP contribution is 2.69. The molecule has 6 aliphatic rings. The predicted molar refractivity (Wildman–Crippen MR) is 286 cm³/mol. The Morgan fingerprint density at radius 1 is 0.257 bits per heavy atom. The van der Waals surface area contributed by atoms with Crippen molar-refractivity contribution in [2.24, 2.45) is 23.7 Å². The molecule has 0 N–H and O–H groups in total. The van der Waals surface area contributed by atoms with Crippen LogP contribution in [0.4, 0.5) is 0 Å². The minimum atomic E-state index is 0.0667. The van der Waals surface area contributed by atoms with Gasteiger partial charge in [0.2, 0.25) is 0 Å². The van der Waals surface area contributed by atoms with Crippen LogP contribution < -0.4 is 0 Å². The SMILES string of the molecule is c1ccc(-c2nc(-c3ccccc3)nc(-c3cc(-c4ccc5c(c4)-c4ccccc4-c4ccccc4-c4ccccc4-5)cc(-c4ccc5c(c4)C4(c6ccccc6-5)C5CC6CC(C5)CC4C6)c3)n2)cc1. The van der Waals surface area contributed by atoms with Crippen LogP contribution in [0.5, 0.6) is 0 Å². The number of rotatable bonds is 5. The highest BCUT2D eigenvalue weighted by atomic mass is 15.0. The predicted octanol–water partition coefficient (Wildman–Crippen LogP) is 16.9. The van der Waals surface area contributed by atoms with Gasteiger partial charge >= 0.3 is 0 Å². The molecule has 0 atom stereocenters. The van der Waals surface area contributed by atoms with E-state index in [0.717, 1.165) is 39.7 Å². The Hall–Kier alpha value is -8.01. The quantitative estimate of drug-likeness (QED) is 0.173. The van der Waals surface area contributed by atoms with Crippen LogP contribution in [-0.2, 0) is 5.41 Å². The van der Waals surface area contributed by atoms with Crippen molar-refractivity contribution in [3.8, 4) is 112 Å². The van der Waals surface area contributed by atoms with E-state index in [1.54, 1.807) is 11.1 Å². The summed E-state index contributed by atoms with van der Waals surface area (Å²) in [6.07, 6.45) is 6.87. The van der Waals surface area contributed by atoms with E-state index in [1.165, 1.54) is 98.9 Å². The Balaban J connectivity index is 0.962. The maximum absolute atomic E-state index is 5.32. The summed E-state index contributed by atoms with van der Waals surface area (Å²) in [6, 6.07) is 78.5. The van der Waals surface area contributed by atoms with Gasteiger partial charge < -0.3 is 0 Å². The molecule has 332 valence electrons. The van der Waals surface area contributed by atoms with Gasteiger partial charge in [-0.05, 0) is 175 Å². The first-order valence-corrected chi connectivity index (χ1v) is 25.3. The van der Waals surface area contributed by atoms with Crippen molar-refractivity contribution in [3.05, 3.63) is 223 Å².